The number of aryl methyl sites for hydroxylation is 1. The van der Waals surface area contributed by atoms with Crippen molar-refractivity contribution in [3.05, 3.63) is 59.7 Å². The first-order valence-electron chi connectivity index (χ1n) is 5.54. The molecule has 0 aliphatic carbocycles. The van der Waals surface area contributed by atoms with Gasteiger partial charge in [-0.05, 0) is 29.2 Å². The van der Waals surface area contributed by atoms with Crippen molar-refractivity contribution in [2.75, 3.05) is 0 Å². The predicted molar refractivity (Wildman–Crippen MR) is 68.0 cm³/mol. The predicted octanol–water partition coefficient (Wildman–Crippen LogP) is 3.29. The van der Waals surface area contributed by atoms with Crippen LogP contribution in [0, 0.1) is 6.92 Å². The molecule has 0 aromatic heterocycles. The summed E-state index contributed by atoms with van der Waals surface area (Å²) in [7, 11) is 0. The number of carbonyl (C=O) groups is 1. The average molecular weight is 226 g/mol. The van der Waals surface area contributed by atoms with Crippen LogP contribution in [0.25, 0.3) is 11.1 Å². The third kappa shape index (κ3) is 2.53. The maximum absolute atomic E-state index is 10.9. The minimum atomic E-state index is -0.795. The lowest BCUT2D eigenvalue weighted by Crippen LogP contribution is -2.03. The van der Waals surface area contributed by atoms with Gasteiger partial charge >= 0.3 is 5.97 Å². The molecule has 86 valence electrons. The molecule has 0 bridgehead atoms. The van der Waals surface area contributed by atoms with E-state index in [2.05, 4.69) is 0 Å². The maximum atomic E-state index is 10.9. The highest BCUT2D eigenvalue weighted by Crippen LogP contribution is 2.26. The Balaban J connectivity index is 2.54. The highest BCUT2D eigenvalue weighted by Gasteiger charge is 2.10. The quantitative estimate of drug-likeness (QED) is 0.872. The first-order chi connectivity index (χ1) is 8.18. The molecule has 0 aliphatic rings. The second-order valence-electron chi connectivity index (χ2n) is 4.04. The van der Waals surface area contributed by atoms with Crippen molar-refractivity contribution < 1.29 is 9.90 Å². The monoisotopic (exact) mass is 226 g/mol. The Labute approximate surface area is 101 Å². The van der Waals surface area contributed by atoms with E-state index < -0.39 is 5.97 Å². The van der Waals surface area contributed by atoms with E-state index in [4.69, 9.17) is 5.11 Å². The van der Waals surface area contributed by atoms with E-state index in [-0.39, 0.29) is 6.42 Å². The van der Waals surface area contributed by atoms with Crippen LogP contribution in [0.1, 0.15) is 11.1 Å². The van der Waals surface area contributed by atoms with E-state index >= 15 is 0 Å². The van der Waals surface area contributed by atoms with Crippen molar-refractivity contribution in [1.82, 2.24) is 0 Å². The van der Waals surface area contributed by atoms with Crippen LogP contribution in [0.4, 0.5) is 0 Å². The van der Waals surface area contributed by atoms with Crippen LogP contribution in [0.15, 0.2) is 48.5 Å². The minimum absolute atomic E-state index is 0.0664. The van der Waals surface area contributed by atoms with E-state index in [0.717, 1.165) is 22.3 Å². The van der Waals surface area contributed by atoms with Crippen LogP contribution in [-0.2, 0) is 11.2 Å². The Morgan fingerprint density at radius 2 is 1.76 bits per heavy atom. The molecule has 0 atom stereocenters. The van der Waals surface area contributed by atoms with E-state index in [0.29, 0.717) is 0 Å². The standard InChI is InChI=1S/C15H14O2/c1-11-6-5-9-13(14(11)10-15(16)17)12-7-3-2-4-8-12/h2-9H,10H2,1H3,(H,16,17). The zero-order chi connectivity index (χ0) is 12.3. The first-order valence-corrected chi connectivity index (χ1v) is 5.54. The van der Waals surface area contributed by atoms with Gasteiger partial charge in [-0.15, -0.1) is 0 Å². The number of benzene rings is 2. The normalized spacial score (nSPS) is 10.2. The van der Waals surface area contributed by atoms with Gasteiger partial charge in [-0.2, -0.15) is 0 Å². The van der Waals surface area contributed by atoms with Gasteiger partial charge in [-0.25, -0.2) is 0 Å². The molecule has 2 heteroatoms. The molecule has 0 spiro atoms. The molecule has 0 heterocycles. The smallest absolute Gasteiger partial charge is 0.307 e. The van der Waals surface area contributed by atoms with Crippen molar-refractivity contribution in [2.24, 2.45) is 0 Å². The molecule has 0 saturated heterocycles. The molecular formula is C15H14O2. The molecule has 2 nitrogen and oxygen atoms in total. The summed E-state index contributed by atoms with van der Waals surface area (Å²) < 4.78 is 0. The van der Waals surface area contributed by atoms with Crippen LogP contribution < -0.4 is 0 Å². The topological polar surface area (TPSA) is 37.3 Å². The fraction of sp³-hybridized carbons (Fsp3) is 0.133. The number of hydrogen-bond acceptors (Lipinski definition) is 1. The van der Waals surface area contributed by atoms with E-state index in [1.807, 2.05) is 55.5 Å². The van der Waals surface area contributed by atoms with E-state index in [9.17, 15) is 4.79 Å². The molecule has 0 aliphatic heterocycles. The van der Waals surface area contributed by atoms with Crippen molar-refractivity contribution in [3.63, 3.8) is 0 Å². The summed E-state index contributed by atoms with van der Waals surface area (Å²) in [6.07, 6.45) is 0.0664. The Morgan fingerprint density at radius 3 is 2.41 bits per heavy atom. The third-order valence-electron chi connectivity index (χ3n) is 2.82. The zero-order valence-electron chi connectivity index (χ0n) is 9.68. The summed E-state index contributed by atoms with van der Waals surface area (Å²) in [5, 5.41) is 8.96. The molecule has 2 aromatic carbocycles. The summed E-state index contributed by atoms with van der Waals surface area (Å²) in [5.41, 5.74) is 3.99. The van der Waals surface area contributed by atoms with Gasteiger partial charge in [0.1, 0.15) is 0 Å². The molecule has 0 amide bonds. The van der Waals surface area contributed by atoms with Crippen LogP contribution >= 0.6 is 0 Å². The highest BCUT2D eigenvalue weighted by molar-refractivity contribution is 5.77. The van der Waals surface area contributed by atoms with Gasteiger partial charge in [0, 0.05) is 0 Å². The number of carboxylic acid groups (broad SMARTS) is 1. The molecule has 0 radical (unpaired) electrons. The van der Waals surface area contributed by atoms with Crippen molar-refractivity contribution in [2.45, 2.75) is 13.3 Å². The van der Waals surface area contributed by atoms with Gasteiger partial charge in [-0.3, -0.25) is 4.79 Å². The minimum Gasteiger partial charge on any atom is -0.481 e. The third-order valence-corrected chi connectivity index (χ3v) is 2.82. The van der Waals surface area contributed by atoms with Crippen LogP contribution in [0.2, 0.25) is 0 Å². The van der Waals surface area contributed by atoms with Crippen molar-refractivity contribution in [3.8, 4) is 11.1 Å². The Kier molecular flexibility index (Phi) is 3.24. The lowest BCUT2D eigenvalue weighted by Gasteiger charge is -2.11. The molecule has 2 aromatic rings. The lowest BCUT2D eigenvalue weighted by atomic mass is 9.94. The first kappa shape index (κ1) is 11.4. The van der Waals surface area contributed by atoms with Gasteiger partial charge in [-0.1, -0.05) is 48.5 Å². The fourth-order valence-corrected chi connectivity index (χ4v) is 1.98. The molecule has 2 rings (SSSR count). The van der Waals surface area contributed by atoms with E-state index in [1.54, 1.807) is 0 Å². The molecular weight excluding hydrogens is 212 g/mol. The summed E-state index contributed by atoms with van der Waals surface area (Å²) >= 11 is 0. The summed E-state index contributed by atoms with van der Waals surface area (Å²) in [5.74, 6) is -0.795. The summed E-state index contributed by atoms with van der Waals surface area (Å²) in [6.45, 7) is 1.95. The summed E-state index contributed by atoms with van der Waals surface area (Å²) in [6, 6.07) is 15.8. The summed E-state index contributed by atoms with van der Waals surface area (Å²) in [4.78, 5) is 10.9. The highest BCUT2D eigenvalue weighted by atomic mass is 16.4. The van der Waals surface area contributed by atoms with Crippen LogP contribution in [0.3, 0.4) is 0 Å². The largest absolute Gasteiger partial charge is 0.481 e. The van der Waals surface area contributed by atoms with Crippen molar-refractivity contribution >= 4 is 5.97 Å². The second-order valence-corrected chi connectivity index (χ2v) is 4.04. The van der Waals surface area contributed by atoms with Gasteiger partial charge in [0.15, 0.2) is 0 Å². The number of rotatable bonds is 3. The number of carboxylic acids is 1. The molecule has 1 N–H and O–H groups in total. The van der Waals surface area contributed by atoms with Crippen LogP contribution in [-0.4, -0.2) is 11.1 Å². The fourth-order valence-electron chi connectivity index (χ4n) is 1.98. The molecule has 0 saturated carbocycles. The Morgan fingerprint density at radius 1 is 1.06 bits per heavy atom. The Bertz CT molecular complexity index is 530. The molecule has 0 unspecified atom stereocenters. The van der Waals surface area contributed by atoms with Gasteiger partial charge in [0.25, 0.3) is 0 Å². The maximum Gasteiger partial charge on any atom is 0.307 e. The number of aliphatic carboxylic acids is 1. The molecule has 0 fully saturated rings. The number of hydrogen-bond donors (Lipinski definition) is 1. The van der Waals surface area contributed by atoms with E-state index in [1.165, 1.54) is 0 Å². The Hall–Kier alpha value is -2.09. The van der Waals surface area contributed by atoms with Crippen LogP contribution in [0.5, 0.6) is 0 Å². The van der Waals surface area contributed by atoms with Crippen molar-refractivity contribution in [1.29, 1.82) is 0 Å². The van der Waals surface area contributed by atoms with Gasteiger partial charge in [0.05, 0.1) is 6.42 Å². The zero-order valence-corrected chi connectivity index (χ0v) is 9.68. The van der Waals surface area contributed by atoms with Gasteiger partial charge in [0.2, 0.25) is 0 Å². The average Bonchev–Trinajstić information content (AvgIpc) is 2.32. The second kappa shape index (κ2) is 4.83. The lowest BCUT2D eigenvalue weighted by molar-refractivity contribution is -0.136. The SMILES string of the molecule is Cc1cccc(-c2ccccc2)c1CC(=O)O. The molecule has 17 heavy (non-hydrogen) atoms. The van der Waals surface area contributed by atoms with Gasteiger partial charge < -0.3 is 5.11 Å².